The minimum atomic E-state index is -0.263. The number of hydrogen-bond donors (Lipinski definition) is 1. The number of nitrogens with one attached hydrogen (secondary N) is 1. The van der Waals surface area contributed by atoms with E-state index in [9.17, 15) is 9.59 Å². The minimum absolute atomic E-state index is 0.0735. The Kier molecular flexibility index (Phi) is 5.03. The van der Waals surface area contributed by atoms with Crippen molar-refractivity contribution in [3.8, 4) is 0 Å². The van der Waals surface area contributed by atoms with Crippen LogP contribution in [0.15, 0.2) is 22.8 Å². The summed E-state index contributed by atoms with van der Waals surface area (Å²) in [5, 5.41) is 3.12. The molecule has 1 N–H and O–H groups in total. The first-order chi connectivity index (χ1) is 11.1. The Labute approximate surface area is 137 Å². The maximum absolute atomic E-state index is 12.2. The van der Waals surface area contributed by atoms with Crippen LogP contribution < -0.4 is 5.32 Å². The molecule has 3 atom stereocenters. The quantitative estimate of drug-likeness (QED) is 0.928. The molecule has 2 fully saturated rings. The lowest BCUT2D eigenvalue weighted by molar-refractivity contribution is -0.122. The van der Waals surface area contributed by atoms with Gasteiger partial charge < -0.3 is 14.6 Å². The van der Waals surface area contributed by atoms with Gasteiger partial charge in [-0.1, -0.05) is 25.7 Å². The Balaban J connectivity index is 1.46. The van der Waals surface area contributed by atoms with E-state index in [4.69, 9.17) is 4.42 Å². The molecule has 2 aliphatic carbocycles. The van der Waals surface area contributed by atoms with Gasteiger partial charge >= 0.3 is 0 Å². The Morgan fingerprint density at radius 2 is 2.00 bits per heavy atom. The summed E-state index contributed by atoms with van der Waals surface area (Å²) >= 11 is 0. The van der Waals surface area contributed by atoms with Crippen LogP contribution in [0.2, 0.25) is 0 Å². The molecule has 0 aromatic carbocycles. The van der Waals surface area contributed by atoms with Crippen LogP contribution >= 0.6 is 0 Å². The summed E-state index contributed by atoms with van der Waals surface area (Å²) in [5.74, 6) is 1.58. The van der Waals surface area contributed by atoms with Gasteiger partial charge in [0.05, 0.1) is 12.8 Å². The van der Waals surface area contributed by atoms with E-state index in [2.05, 4.69) is 5.32 Å². The average molecular weight is 318 g/mol. The van der Waals surface area contributed by atoms with Gasteiger partial charge in [0.15, 0.2) is 5.76 Å². The fourth-order valence-electron chi connectivity index (χ4n) is 4.15. The SMILES string of the molecule is CN(CC(=O)N[C@@H]1CC[C@H]2CCCC[C@H]2C1)C(=O)c1ccco1. The van der Waals surface area contributed by atoms with E-state index in [0.717, 1.165) is 24.7 Å². The van der Waals surface area contributed by atoms with Gasteiger partial charge in [-0.05, 0) is 43.2 Å². The topological polar surface area (TPSA) is 62.6 Å². The fraction of sp³-hybridized carbons (Fsp3) is 0.667. The predicted molar refractivity (Wildman–Crippen MR) is 86.9 cm³/mol. The van der Waals surface area contributed by atoms with Crippen LogP contribution in [0.4, 0.5) is 0 Å². The number of rotatable bonds is 4. The van der Waals surface area contributed by atoms with Crippen molar-refractivity contribution in [1.29, 1.82) is 0 Å². The molecule has 23 heavy (non-hydrogen) atoms. The molecule has 0 bridgehead atoms. The maximum Gasteiger partial charge on any atom is 0.289 e. The highest BCUT2D eigenvalue weighted by Crippen LogP contribution is 2.40. The summed E-state index contributed by atoms with van der Waals surface area (Å²) in [6.45, 7) is 0.0735. The maximum atomic E-state index is 12.2. The molecular weight excluding hydrogens is 292 g/mol. The lowest BCUT2D eigenvalue weighted by Gasteiger charge is -2.39. The zero-order valence-electron chi connectivity index (χ0n) is 13.8. The molecule has 0 saturated heterocycles. The number of likely N-dealkylation sites (N-methyl/N-ethyl adjacent to an activating group) is 1. The van der Waals surface area contributed by atoms with Crippen molar-refractivity contribution in [2.24, 2.45) is 11.8 Å². The zero-order chi connectivity index (χ0) is 16.2. The first kappa shape index (κ1) is 16.1. The minimum Gasteiger partial charge on any atom is -0.459 e. The van der Waals surface area contributed by atoms with Crippen LogP contribution in [0.1, 0.15) is 55.5 Å². The number of carbonyl (C=O) groups is 2. The van der Waals surface area contributed by atoms with Crippen LogP contribution in [0.3, 0.4) is 0 Å². The molecule has 5 heteroatoms. The second kappa shape index (κ2) is 7.20. The van der Waals surface area contributed by atoms with Crippen molar-refractivity contribution in [2.45, 2.75) is 51.0 Å². The molecule has 0 spiro atoms. The van der Waals surface area contributed by atoms with Crippen molar-refractivity contribution in [3.63, 3.8) is 0 Å². The van der Waals surface area contributed by atoms with E-state index < -0.39 is 0 Å². The third kappa shape index (κ3) is 3.95. The van der Waals surface area contributed by atoms with Gasteiger partial charge in [-0.15, -0.1) is 0 Å². The predicted octanol–water partition coefficient (Wildman–Crippen LogP) is 2.83. The lowest BCUT2D eigenvalue weighted by Crippen LogP contribution is -2.45. The number of carbonyl (C=O) groups excluding carboxylic acids is 2. The molecule has 0 unspecified atom stereocenters. The molecule has 2 saturated carbocycles. The Bertz CT molecular complexity index is 540. The zero-order valence-corrected chi connectivity index (χ0v) is 13.8. The summed E-state index contributed by atoms with van der Waals surface area (Å²) in [4.78, 5) is 25.7. The van der Waals surface area contributed by atoms with E-state index in [1.165, 1.54) is 43.3 Å². The lowest BCUT2D eigenvalue weighted by atomic mass is 9.69. The fourth-order valence-corrected chi connectivity index (χ4v) is 4.15. The van der Waals surface area contributed by atoms with Crippen molar-refractivity contribution >= 4 is 11.8 Å². The Hall–Kier alpha value is -1.78. The highest BCUT2D eigenvalue weighted by Gasteiger charge is 2.32. The van der Waals surface area contributed by atoms with Crippen LogP contribution in [0.5, 0.6) is 0 Å². The first-order valence-electron chi connectivity index (χ1n) is 8.72. The van der Waals surface area contributed by atoms with Gasteiger partial charge in [0.1, 0.15) is 0 Å². The summed E-state index contributed by atoms with van der Waals surface area (Å²) in [6, 6.07) is 3.55. The number of nitrogens with zero attached hydrogens (tertiary/aromatic N) is 1. The van der Waals surface area contributed by atoms with Crippen LogP contribution in [-0.4, -0.2) is 36.3 Å². The Morgan fingerprint density at radius 3 is 2.74 bits per heavy atom. The molecule has 1 aromatic heterocycles. The van der Waals surface area contributed by atoms with Crippen molar-refractivity contribution < 1.29 is 14.0 Å². The molecule has 1 aromatic rings. The summed E-state index contributed by atoms with van der Waals surface area (Å²) < 4.78 is 5.08. The number of hydrogen-bond acceptors (Lipinski definition) is 3. The van der Waals surface area contributed by atoms with Gasteiger partial charge in [-0.2, -0.15) is 0 Å². The molecule has 2 amide bonds. The van der Waals surface area contributed by atoms with Gasteiger partial charge in [0, 0.05) is 13.1 Å². The van der Waals surface area contributed by atoms with Crippen LogP contribution in [-0.2, 0) is 4.79 Å². The standard InChI is InChI=1S/C18H26N2O3/c1-20(18(22)16-7-4-10-23-16)12-17(21)19-15-9-8-13-5-2-3-6-14(13)11-15/h4,7,10,13-15H,2-3,5-6,8-9,11-12H2,1H3,(H,19,21)/t13-,14+,15-/m1/s1. The average Bonchev–Trinajstić information content (AvgIpc) is 3.08. The van der Waals surface area contributed by atoms with E-state index >= 15 is 0 Å². The van der Waals surface area contributed by atoms with Gasteiger partial charge in [-0.3, -0.25) is 9.59 Å². The second-order valence-corrected chi connectivity index (χ2v) is 7.02. The van der Waals surface area contributed by atoms with Crippen molar-refractivity contribution in [1.82, 2.24) is 10.2 Å². The van der Waals surface area contributed by atoms with Gasteiger partial charge in [0.2, 0.25) is 5.91 Å². The molecule has 0 radical (unpaired) electrons. The third-order valence-corrected chi connectivity index (χ3v) is 5.36. The molecule has 1 heterocycles. The van der Waals surface area contributed by atoms with E-state index in [1.54, 1.807) is 19.2 Å². The molecule has 5 nitrogen and oxygen atoms in total. The van der Waals surface area contributed by atoms with Crippen LogP contribution in [0.25, 0.3) is 0 Å². The number of fused-ring (bicyclic) bond motifs is 1. The highest BCUT2D eigenvalue weighted by molar-refractivity contribution is 5.94. The van der Waals surface area contributed by atoms with Crippen molar-refractivity contribution in [3.05, 3.63) is 24.2 Å². The van der Waals surface area contributed by atoms with E-state index in [0.29, 0.717) is 0 Å². The molecule has 2 aliphatic rings. The summed E-state index contributed by atoms with van der Waals surface area (Å²) in [7, 11) is 1.63. The highest BCUT2D eigenvalue weighted by atomic mass is 16.3. The summed E-state index contributed by atoms with van der Waals surface area (Å²) in [6.07, 6.45) is 10.3. The van der Waals surface area contributed by atoms with Crippen molar-refractivity contribution in [2.75, 3.05) is 13.6 Å². The molecule has 0 aliphatic heterocycles. The molecule has 126 valence electrons. The van der Waals surface area contributed by atoms with Gasteiger partial charge in [0.25, 0.3) is 5.91 Å². The van der Waals surface area contributed by atoms with Gasteiger partial charge in [-0.25, -0.2) is 0 Å². The number of furan rings is 1. The number of amides is 2. The normalized spacial score (nSPS) is 27.1. The largest absolute Gasteiger partial charge is 0.459 e. The smallest absolute Gasteiger partial charge is 0.289 e. The molecular formula is C18H26N2O3. The molecule has 3 rings (SSSR count). The first-order valence-corrected chi connectivity index (χ1v) is 8.72. The monoisotopic (exact) mass is 318 g/mol. The second-order valence-electron chi connectivity index (χ2n) is 7.02. The van der Waals surface area contributed by atoms with E-state index in [1.807, 2.05) is 0 Å². The van der Waals surface area contributed by atoms with E-state index in [-0.39, 0.29) is 30.2 Å². The van der Waals surface area contributed by atoms with Crippen LogP contribution in [0, 0.1) is 11.8 Å². The Morgan fingerprint density at radius 1 is 1.22 bits per heavy atom. The third-order valence-electron chi connectivity index (χ3n) is 5.36. The summed E-state index contributed by atoms with van der Waals surface area (Å²) in [5.41, 5.74) is 0.